The second-order valence-electron chi connectivity index (χ2n) is 11.6. The summed E-state index contributed by atoms with van der Waals surface area (Å²) in [4.78, 5) is 6.90. The summed E-state index contributed by atoms with van der Waals surface area (Å²) < 4.78 is 6.59. The van der Waals surface area contributed by atoms with Crippen LogP contribution in [0.25, 0.3) is 65.7 Å². The first-order valence-corrected chi connectivity index (χ1v) is 15.5. The molecule has 0 unspecified atom stereocenters. The topological polar surface area (TPSA) is 29.3 Å². The Morgan fingerprint density at radius 1 is 0.478 bits per heavy atom. The van der Waals surface area contributed by atoms with Gasteiger partial charge in [0, 0.05) is 34.4 Å². The van der Waals surface area contributed by atoms with Crippen LogP contribution in [0.15, 0.2) is 175 Å². The van der Waals surface area contributed by atoms with Gasteiger partial charge in [-0.15, -0.1) is 0 Å². The maximum absolute atomic E-state index is 6.59. The van der Waals surface area contributed by atoms with Crippen LogP contribution in [0, 0.1) is 0 Å². The maximum Gasteiger partial charge on any atom is 0.145 e. The van der Waals surface area contributed by atoms with E-state index in [1.807, 2.05) is 12.3 Å². The molecule has 216 valence electrons. The molecule has 0 bridgehead atoms. The number of para-hydroxylation sites is 1. The molecule has 0 aliphatic rings. The van der Waals surface area contributed by atoms with E-state index in [0.29, 0.717) is 0 Å². The van der Waals surface area contributed by atoms with Gasteiger partial charge in [-0.1, -0.05) is 127 Å². The second kappa shape index (κ2) is 10.8. The molecule has 2 heterocycles. The Morgan fingerprint density at radius 3 is 2.02 bits per heavy atom. The lowest BCUT2D eigenvalue weighted by molar-refractivity contribution is 0.672. The summed E-state index contributed by atoms with van der Waals surface area (Å²) >= 11 is 0. The van der Waals surface area contributed by atoms with Gasteiger partial charge in [-0.05, 0) is 63.2 Å². The van der Waals surface area contributed by atoms with Gasteiger partial charge in [-0.3, -0.25) is 4.98 Å². The third kappa shape index (κ3) is 4.25. The van der Waals surface area contributed by atoms with Gasteiger partial charge in [0.2, 0.25) is 0 Å². The predicted octanol–water partition coefficient (Wildman–Crippen LogP) is 12.1. The van der Waals surface area contributed by atoms with E-state index in [1.54, 1.807) is 6.20 Å². The minimum Gasteiger partial charge on any atom is -0.455 e. The number of aromatic nitrogens is 1. The first kappa shape index (κ1) is 26.2. The Morgan fingerprint density at radius 2 is 1.15 bits per heavy atom. The monoisotopic (exact) mass is 588 g/mol. The molecule has 0 amide bonds. The molecule has 0 N–H and O–H groups in total. The molecule has 0 aliphatic carbocycles. The lowest BCUT2D eigenvalue weighted by Crippen LogP contribution is -2.11. The maximum atomic E-state index is 6.59. The van der Waals surface area contributed by atoms with Crippen molar-refractivity contribution in [3.05, 3.63) is 170 Å². The molecule has 0 saturated carbocycles. The normalized spacial score (nSPS) is 11.5. The molecule has 0 spiro atoms. The Kier molecular flexibility index (Phi) is 6.14. The fourth-order valence-electron chi connectivity index (χ4n) is 6.82. The first-order valence-electron chi connectivity index (χ1n) is 15.5. The molecule has 3 nitrogen and oxygen atoms in total. The number of nitrogens with zero attached hydrogens (tertiary/aromatic N) is 2. The Bertz CT molecular complexity index is 2530. The van der Waals surface area contributed by atoms with Crippen LogP contribution in [-0.4, -0.2) is 4.98 Å². The van der Waals surface area contributed by atoms with Crippen LogP contribution >= 0.6 is 0 Å². The smallest absolute Gasteiger partial charge is 0.145 e. The highest BCUT2D eigenvalue weighted by molar-refractivity contribution is 6.22. The summed E-state index contributed by atoms with van der Waals surface area (Å²) in [5.41, 5.74) is 9.58. The zero-order chi connectivity index (χ0) is 30.5. The lowest BCUT2D eigenvalue weighted by atomic mass is 9.97. The molecule has 0 saturated heterocycles. The minimum atomic E-state index is 0.824. The molecule has 9 rings (SSSR count). The van der Waals surface area contributed by atoms with Gasteiger partial charge in [0.05, 0.1) is 16.8 Å². The number of hydrogen-bond acceptors (Lipinski definition) is 3. The Labute approximate surface area is 266 Å². The van der Waals surface area contributed by atoms with Crippen LogP contribution in [0.5, 0.6) is 0 Å². The van der Waals surface area contributed by atoms with Crippen molar-refractivity contribution in [1.29, 1.82) is 0 Å². The molecule has 3 heteroatoms. The fraction of sp³-hybridized carbons (Fsp3) is 0. The highest BCUT2D eigenvalue weighted by Crippen LogP contribution is 2.48. The van der Waals surface area contributed by atoms with Crippen molar-refractivity contribution in [3.63, 3.8) is 0 Å². The number of fused-ring (bicyclic) bond motifs is 6. The molecular weight excluding hydrogens is 560 g/mol. The molecule has 0 radical (unpaired) electrons. The molecular formula is C43H28N2O. The second-order valence-corrected chi connectivity index (χ2v) is 11.6. The molecule has 2 aromatic heterocycles. The molecule has 7 aromatic carbocycles. The average molecular weight is 589 g/mol. The van der Waals surface area contributed by atoms with Gasteiger partial charge in [-0.25, -0.2) is 0 Å². The molecule has 0 aliphatic heterocycles. The van der Waals surface area contributed by atoms with Crippen LogP contribution in [0.2, 0.25) is 0 Å². The van der Waals surface area contributed by atoms with Gasteiger partial charge in [-0.2, -0.15) is 0 Å². The minimum absolute atomic E-state index is 0.824. The zero-order valence-electron chi connectivity index (χ0n) is 25.0. The number of furan rings is 1. The lowest BCUT2D eigenvalue weighted by Gasteiger charge is -2.29. The van der Waals surface area contributed by atoms with Crippen molar-refractivity contribution in [2.24, 2.45) is 0 Å². The van der Waals surface area contributed by atoms with Crippen molar-refractivity contribution in [2.75, 3.05) is 4.90 Å². The molecule has 0 atom stereocenters. The van der Waals surface area contributed by atoms with E-state index in [0.717, 1.165) is 60.9 Å². The van der Waals surface area contributed by atoms with Gasteiger partial charge < -0.3 is 9.32 Å². The number of hydrogen-bond donors (Lipinski definition) is 0. The van der Waals surface area contributed by atoms with Crippen LogP contribution in [0.3, 0.4) is 0 Å². The number of anilines is 3. The van der Waals surface area contributed by atoms with Gasteiger partial charge in [0.25, 0.3) is 0 Å². The fourth-order valence-corrected chi connectivity index (χ4v) is 6.82. The largest absolute Gasteiger partial charge is 0.455 e. The van der Waals surface area contributed by atoms with E-state index < -0.39 is 0 Å². The van der Waals surface area contributed by atoms with Crippen molar-refractivity contribution < 1.29 is 4.42 Å². The van der Waals surface area contributed by atoms with E-state index in [2.05, 4.69) is 162 Å². The van der Waals surface area contributed by atoms with Crippen LogP contribution in [0.1, 0.15) is 0 Å². The SMILES string of the molecule is c1ccc(-c2ccccc2N(c2ccc(-c3cccc4ccccc34)cc2)c2cc3ccccc3c3oc4ccncc4c23)cc1. The van der Waals surface area contributed by atoms with E-state index >= 15 is 0 Å². The third-order valence-electron chi connectivity index (χ3n) is 8.94. The van der Waals surface area contributed by atoms with Crippen molar-refractivity contribution >= 4 is 60.5 Å². The van der Waals surface area contributed by atoms with Crippen molar-refractivity contribution in [1.82, 2.24) is 4.98 Å². The summed E-state index contributed by atoms with van der Waals surface area (Å²) in [6.07, 6.45) is 3.71. The van der Waals surface area contributed by atoms with Crippen LogP contribution < -0.4 is 4.90 Å². The quantitative estimate of drug-likeness (QED) is 0.200. The van der Waals surface area contributed by atoms with Crippen molar-refractivity contribution in [2.45, 2.75) is 0 Å². The Hall–Kier alpha value is -6.19. The van der Waals surface area contributed by atoms with E-state index in [4.69, 9.17) is 4.42 Å². The summed E-state index contributed by atoms with van der Waals surface area (Å²) in [7, 11) is 0. The summed E-state index contributed by atoms with van der Waals surface area (Å²) in [5.74, 6) is 0. The number of rotatable bonds is 5. The number of benzene rings is 7. The highest BCUT2D eigenvalue weighted by atomic mass is 16.3. The highest BCUT2D eigenvalue weighted by Gasteiger charge is 2.24. The average Bonchev–Trinajstić information content (AvgIpc) is 3.53. The van der Waals surface area contributed by atoms with E-state index in [1.165, 1.54) is 21.9 Å². The van der Waals surface area contributed by atoms with Crippen molar-refractivity contribution in [3.8, 4) is 22.3 Å². The predicted molar refractivity (Wildman–Crippen MR) is 192 cm³/mol. The van der Waals surface area contributed by atoms with Crippen LogP contribution in [-0.2, 0) is 0 Å². The third-order valence-corrected chi connectivity index (χ3v) is 8.94. The molecule has 0 fully saturated rings. The van der Waals surface area contributed by atoms with Gasteiger partial charge >= 0.3 is 0 Å². The molecule has 9 aromatic rings. The number of pyridine rings is 1. The summed E-state index contributed by atoms with van der Waals surface area (Å²) in [5, 5.41) is 6.72. The van der Waals surface area contributed by atoms with Gasteiger partial charge in [0.15, 0.2) is 0 Å². The van der Waals surface area contributed by atoms with Gasteiger partial charge in [0.1, 0.15) is 11.2 Å². The Balaban J connectivity index is 1.33. The summed E-state index contributed by atoms with van der Waals surface area (Å²) in [6, 6.07) is 56.0. The first-order chi connectivity index (χ1) is 22.8. The molecule has 46 heavy (non-hydrogen) atoms. The van der Waals surface area contributed by atoms with E-state index in [-0.39, 0.29) is 0 Å². The standard InChI is InChI=1S/C43H28N2O/c1-2-11-30(12-3-1)36-17-8-9-20-39(36)45(33-23-21-31(22-24-33)35-19-10-15-29-13-4-6-16-34(29)35)40-27-32-14-5-7-18-37(32)43-42(40)38-28-44-26-25-41(38)46-43/h1-28H. The van der Waals surface area contributed by atoms with E-state index in [9.17, 15) is 0 Å². The summed E-state index contributed by atoms with van der Waals surface area (Å²) in [6.45, 7) is 0. The zero-order valence-corrected chi connectivity index (χ0v) is 25.0. The van der Waals surface area contributed by atoms with Crippen LogP contribution in [0.4, 0.5) is 17.1 Å².